The molecule has 0 bridgehead atoms. The van der Waals surface area contributed by atoms with E-state index in [1.165, 1.54) is 24.3 Å². The first kappa shape index (κ1) is 24.1. The number of nitrogens with one attached hydrogen (secondary N) is 1. The minimum Gasteiger partial charge on any atom is -0.480 e. The topological polar surface area (TPSA) is 84.9 Å². The summed E-state index contributed by atoms with van der Waals surface area (Å²) in [5.74, 6) is -0.636. The fraction of sp³-hybridized carbons (Fsp3) is 0.133. The van der Waals surface area contributed by atoms with Gasteiger partial charge in [-0.1, -0.05) is 60.7 Å². The minimum absolute atomic E-state index is 0.0658. The molecular weight excluding hydrogens is 473 g/mol. The highest BCUT2D eigenvalue weighted by Gasteiger charge is 2.29. The molecule has 0 spiro atoms. The third-order valence-corrected chi connectivity index (χ3v) is 6.35. The first-order valence-corrected chi connectivity index (χ1v) is 11.8. The Kier molecular flexibility index (Phi) is 6.85. The van der Waals surface area contributed by atoms with E-state index in [-0.39, 0.29) is 24.8 Å². The van der Waals surface area contributed by atoms with Crippen LogP contribution in [0, 0.1) is 5.82 Å². The van der Waals surface area contributed by atoms with Crippen LogP contribution in [0.4, 0.5) is 9.18 Å². The Hall–Kier alpha value is -4.65. The number of carboxylic acid groups (broad SMARTS) is 1. The zero-order chi connectivity index (χ0) is 25.8. The number of amides is 1. The van der Waals surface area contributed by atoms with E-state index in [1.807, 2.05) is 48.5 Å². The summed E-state index contributed by atoms with van der Waals surface area (Å²) in [4.78, 5) is 24.4. The van der Waals surface area contributed by atoms with Crippen molar-refractivity contribution in [3.05, 3.63) is 120 Å². The number of halogens is 1. The van der Waals surface area contributed by atoms with Crippen LogP contribution in [0.1, 0.15) is 22.6 Å². The van der Waals surface area contributed by atoms with Gasteiger partial charge in [-0.3, -0.25) is 0 Å². The third-order valence-electron chi connectivity index (χ3n) is 6.35. The van der Waals surface area contributed by atoms with Gasteiger partial charge in [0.15, 0.2) is 0 Å². The lowest BCUT2D eigenvalue weighted by Gasteiger charge is -2.17. The van der Waals surface area contributed by atoms with Gasteiger partial charge in [0.2, 0.25) is 0 Å². The Morgan fingerprint density at radius 2 is 1.35 bits per heavy atom. The molecule has 6 nitrogen and oxygen atoms in total. The molecule has 1 aliphatic carbocycles. The number of carboxylic acids is 1. The van der Waals surface area contributed by atoms with Gasteiger partial charge < -0.3 is 19.9 Å². The van der Waals surface area contributed by atoms with Gasteiger partial charge in [0, 0.05) is 12.3 Å². The molecule has 37 heavy (non-hydrogen) atoms. The summed E-state index contributed by atoms with van der Waals surface area (Å²) in [6, 6.07) is 27.3. The number of hydrogen-bond donors (Lipinski definition) is 2. The molecule has 0 aromatic heterocycles. The van der Waals surface area contributed by atoms with E-state index in [9.17, 15) is 19.1 Å². The maximum atomic E-state index is 13.1. The Balaban J connectivity index is 1.19. The maximum Gasteiger partial charge on any atom is 0.407 e. The van der Waals surface area contributed by atoms with Crippen LogP contribution < -0.4 is 10.1 Å². The molecule has 186 valence electrons. The fourth-order valence-electron chi connectivity index (χ4n) is 4.55. The van der Waals surface area contributed by atoms with Crippen LogP contribution in [0.25, 0.3) is 11.1 Å². The number of alkyl carbamates (subject to hydrolysis) is 1. The molecule has 0 saturated heterocycles. The summed E-state index contributed by atoms with van der Waals surface area (Å²) in [6.45, 7) is 0.0988. The molecule has 4 aromatic carbocycles. The van der Waals surface area contributed by atoms with Crippen LogP contribution in [0.3, 0.4) is 0 Å². The van der Waals surface area contributed by atoms with Crippen LogP contribution in [-0.4, -0.2) is 29.8 Å². The Morgan fingerprint density at radius 3 is 1.92 bits per heavy atom. The van der Waals surface area contributed by atoms with Crippen molar-refractivity contribution in [1.82, 2.24) is 5.32 Å². The van der Waals surface area contributed by atoms with Crippen LogP contribution in [0.5, 0.6) is 11.5 Å². The van der Waals surface area contributed by atoms with E-state index >= 15 is 0 Å². The highest BCUT2D eigenvalue weighted by atomic mass is 19.1. The van der Waals surface area contributed by atoms with Crippen molar-refractivity contribution < 1.29 is 28.6 Å². The van der Waals surface area contributed by atoms with E-state index < -0.39 is 18.1 Å². The standard InChI is InChI=1S/C30H24FNO5/c31-20-11-15-22(16-12-20)37-21-13-9-19(10-14-21)17-28(29(33)34)32-30(35)36-18-27-25-7-3-1-5-23(25)24-6-2-4-8-26(24)27/h1-16,27-28H,17-18H2,(H,32,35)(H,33,34). The molecule has 5 rings (SSSR count). The normalized spacial score (nSPS) is 12.8. The number of hydrogen-bond acceptors (Lipinski definition) is 4. The van der Waals surface area contributed by atoms with Gasteiger partial charge in [-0.2, -0.15) is 0 Å². The van der Waals surface area contributed by atoms with E-state index in [0.29, 0.717) is 17.1 Å². The number of fused-ring (bicyclic) bond motifs is 3. The predicted molar refractivity (Wildman–Crippen MR) is 136 cm³/mol. The summed E-state index contributed by atoms with van der Waals surface area (Å²) in [6.07, 6.45) is -0.721. The summed E-state index contributed by atoms with van der Waals surface area (Å²) < 4.78 is 24.2. The van der Waals surface area contributed by atoms with Crippen molar-refractivity contribution in [1.29, 1.82) is 0 Å². The molecule has 1 aliphatic rings. The molecule has 1 unspecified atom stereocenters. The molecule has 0 aliphatic heterocycles. The maximum absolute atomic E-state index is 13.1. The van der Waals surface area contributed by atoms with Gasteiger partial charge in [0.1, 0.15) is 30.0 Å². The van der Waals surface area contributed by atoms with E-state index in [2.05, 4.69) is 5.32 Å². The van der Waals surface area contributed by atoms with Crippen molar-refractivity contribution in [2.75, 3.05) is 6.61 Å². The third kappa shape index (κ3) is 5.46. The monoisotopic (exact) mass is 497 g/mol. The van der Waals surface area contributed by atoms with Crippen molar-refractivity contribution in [3.63, 3.8) is 0 Å². The second kappa shape index (κ2) is 10.5. The molecule has 2 N–H and O–H groups in total. The van der Waals surface area contributed by atoms with Crippen LogP contribution >= 0.6 is 0 Å². The summed E-state index contributed by atoms with van der Waals surface area (Å²) in [5, 5.41) is 12.1. The molecular formula is C30H24FNO5. The molecule has 7 heteroatoms. The lowest BCUT2D eigenvalue weighted by atomic mass is 9.98. The zero-order valence-electron chi connectivity index (χ0n) is 19.8. The molecule has 1 atom stereocenters. The number of ether oxygens (including phenoxy) is 2. The van der Waals surface area contributed by atoms with Gasteiger partial charge in [-0.15, -0.1) is 0 Å². The fourth-order valence-corrected chi connectivity index (χ4v) is 4.55. The average Bonchev–Trinajstić information content (AvgIpc) is 3.23. The summed E-state index contributed by atoms with van der Waals surface area (Å²) >= 11 is 0. The van der Waals surface area contributed by atoms with E-state index in [1.54, 1.807) is 24.3 Å². The average molecular weight is 498 g/mol. The van der Waals surface area contributed by atoms with Gasteiger partial charge in [-0.25, -0.2) is 14.0 Å². The van der Waals surface area contributed by atoms with Crippen molar-refractivity contribution >= 4 is 12.1 Å². The SMILES string of the molecule is O=C(NC(Cc1ccc(Oc2ccc(F)cc2)cc1)C(=O)O)OCC1c2ccccc2-c2ccccc21. The van der Waals surface area contributed by atoms with Crippen LogP contribution in [0.15, 0.2) is 97.1 Å². The van der Waals surface area contributed by atoms with Gasteiger partial charge in [0.25, 0.3) is 0 Å². The highest BCUT2D eigenvalue weighted by molar-refractivity contribution is 5.81. The number of aliphatic carboxylic acids is 1. The Labute approximate surface area is 213 Å². The molecule has 0 radical (unpaired) electrons. The molecule has 1 amide bonds. The molecule has 4 aromatic rings. The van der Waals surface area contributed by atoms with Gasteiger partial charge in [-0.05, 0) is 64.2 Å². The quantitative estimate of drug-likeness (QED) is 0.305. The van der Waals surface area contributed by atoms with E-state index in [0.717, 1.165) is 22.3 Å². The second-order valence-electron chi connectivity index (χ2n) is 8.76. The van der Waals surface area contributed by atoms with Crippen LogP contribution in [-0.2, 0) is 16.0 Å². The van der Waals surface area contributed by atoms with E-state index in [4.69, 9.17) is 9.47 Å². The summed E-state index contributed by atoms with van der Waals surface area (Å²) in [7, 11) is 0. The number of carbonyl (C=O) groups excluding carboxylic acids is 1. The summed E-state index contributed by atoms with van der Waals surface area (Å²) in [5.41, 5.74) is 5.08. The van der Waals surface area contributed by atoms with Crippen molar-refractivity contribution in [2.45, 2.75) is 18.4 Å². The minimum atomic E-state index is -1.17. The first-order valence-electron chi connectivity index (χ1n) is 11.8. The smallest absolute Gasteiger partial charge is 0.407 e. The Bertz CT molecular complexity index is 1370. The first-order chi connectivity index (χ1) is 18.0. The van der Waals surface area contributed by atoms with Crippen LogP contribution in [0.2, 0.25) is 0 Å². The lowest BCUT2D eigenvalue weighted by molar-refractivity contribution is -0.139. The molecule has 0 heterocycles. The number of rotatable bonds is 8. The molecule has 0 saturated carbocycles. The number of carbonyl (C=O) groups is 2. The zero-order valence-corrected chi connectivity index (χ0v) is 19.8. The van der Waals surface area contributed by atoms with Gasteiger partial charge in [0.05, 0.1) is 0 Å². The largest absolute Gasteiger partial charge is 0.480 e. The van der Waals surface area contributed by atoms with Crippen molar-refractivity contribution in [2.24, 2.45) is 0 Å². The highest BCUT2D eigenvalue weighted by Crippen LogP contribution is 2.44. The van der Waals surface area contributed by atoms with Crippen molar-refractivity contribution in [3.8, 4) is 22.6 Å². The predicted octanol–water partition coefficient (Wildman–Crippen LogP) is 6.15. The number of benzene rings is 4. The lowest BCUT2D eigenvalue weighted by Crippen LogP contribution is -2.42. The Morgan fingerprint density at radius 1 is 0.811 bits per heavy atom. The van der Waals surface area contributed by atoms with Gasteiger partial charge >= 0.3 is 12.1 Å². The molecule has 0 fully saturated rings. The second-order valence-corrected chi connectivity index (χ2v) is 8.76.